The molecular weight excluding hydrogens is 302 g/mol. The van der Waals surface area contributed by atoms with Gasteiger partial charge < -0.3 is 14.8 Å². The number of aliphatic imine (C=N–C) groups is 1. The Morgan fingerprint density at radius 1 is 1.08 bits per heavy atom. The van der Waals surface area contributed by atoms with Crippen molar-refractivity contribution in [3.8, 4) is 11.5 Å². The SMILES string of the molecule is Oc1ccc(C(=NCCCn2ccnc2)c2ccccc2)c(O)c1. The molecule has 5 nitrogen and oxygen atoms in total. The van der Waals surface area contributed by atoms with Gasteiger partial charge in [0.1, 0.15) is 11.5 Å². The van der Waals surface area contributed by atoms with Gasteiger partial charge in [-0.05, 0) is 18.6 Å². The molecule has 3 aromatic rings. The van der Waals surface area contributed by atoms with Gasteiger partial charge in [-0.15, -0.1) is 0 Å². The lowest BCUT2D eigenvalue weighted by molar-refractivity contribution is 0.450. The third kappa shape index (κ3) is 3.81. The van der Waals surface area contributed by atoms with Gasteiger partial charge in [0.25, 0.3) is 0 Å². The third-order valence-corrected chi connectivity index (χ3v) is 3.69. The van der Waals surface area contributed by atoms with E-state index in [-0.39, 0.29) is 11.5 Å². The molecule has 5 heteroatoms. The molecule has 3 rings (SSSR count). The van der Waals surface area contributed by atoms with Gasteiger partial charge in [0, 0.05) is 42.7 Å². The Hall–Kier alpha value is -3.08. The van der Waals surface area contributed by atoms with Gasteiger partial charge in [0.05, 0.1) is 12.0 Å². The molecule has 0 fully saturated rings. The first-order chi connectivity index (χ1) is 11.7. The Bertz CT molecular complexity index is 812. The minimum atomic E-state index is 0.0206. The second kappa shape index (κ2) is 7.46. The van der Waals surface area contributed by atoms with E-state index >= 15 is 0 Å². The fourth-order valence-electron chi connectivity index (χ4n) is 2.51. The summed E-state index contributed by atoms with van der Waals surface area (Å²) in [5, 5.41) is 19.7. The van der Waals surface area contributed by atoms with Gasteiger partial charge in [-0.1, -0.05) is 30.3 Å². The highest BCUT2D eigenvalue weighted by Gasteiger charge is 2.11. The summed E-state index contributed by atoms with van der Waals surface area (Å²) >= 11 is 0. The van der Waals surface area contributed by atoms with E-state index < -0.39 is 0 Å². The fraction of sp³-hybridized carbons (Fsp3) is 0.158. The summed E-state index contributed by atoms with van der Waals surface area (Å²) in [5.74, 6) is 0.0518. The van der Waals surface area contributed by atoms with Crippen molar-refractivity contribution in [3.05, 3.63) is 78.4 Å². The minimum absolute atomic E-state index is 0.0206. The van der Waals surface area contributed by atoms with Crippen molar-refractivity contribution in [2.45, 2.75) is 13.0 Å². The number of benzene rings is 2. The number of hydrogen-bond donors (Lipinski definition) is 2. The van der Waals surface area contributed by atoms with Crippen LogP contribution in [-0.4, -0.2) is 32.0 Å². The van der Waals surface area contributed by atoms with E-state index in [4.69, 9.17) is 4.99 Å². The molecule has 24 heavy (non-hydrogen) atoms. The summed E-state index contributed by atoms with van der Waals surface area (Å²) in [7, 11) is 0. The molecule has 0 amide bonds. The molecular formula is C19H19N3O2. The molecule has 0 radical (unpaired) electrons. The molecule has 0 atom stereocenters. The number of aromatic hydroxyl groups is 2. The Labute approximate surface area is 140 Å². The van der Waals surface area contributed by atoms with Crippen molar-refractivity contribution in [3.63, 3.8) is 0 Å². The molecule has 0 aliphatic rings. The molecule has 0 unspecified atom stereocenters. The summed E-state index contributed by atoms with van der Waals surface area (Å²) in [5.41, 5.74) is 2.27. The number of nitrogens with zero attached hydrogens (tertiary/aromatic N) is 3. The maximum atomic E-state index is 10.2. The normalized spacial score (nSPS) is 11.6. The molecule has 0 spiro atoms. The molecule has 2 N–H and O–H groups in total. The summed E-state index contributed by atoms with van der Waals surface area (Å²) in [6.07, 6.45) is 6.33. The highest BCUT2D eigenvalue weighted by Crippen LogP contribution is 2.25. The van der Waals surface area contributed by atoms with E-state index in [1.807, 2.05) is 41.1 Å². The fourth-order valence-corrected chi connectivity index (χ4v) is 2.51. The summed E-state index contributed by atoms with van der Waals surface area (Å²) in [6.45, 7) is 1.47. The van der Waals surface area contributed by atoms with Crippen molar-refractivity contribution in [2.75, 3.05) is 6.54 Å². The monoisotopic (exact) mass is 321 g/mol. The molecule has 0 saturated heterocycles. The lowest BCUT2D eigenvalue weighted by Gasteiger charge is -2.10. The first-order valence-electron chi connectivity index (χ1n) is 7.82. The van der Waals surface area contributed by atoms with Crippen LogP contribution in [0, 0.1) is 0 Å². The maximum Gasteiger partial charge on any atom is 0.128 e. The highest BCUT2D eigenvalue weighted by atomic mass is 16.3. The first kappa shape index (κ1) is 15.8. The predicted octanol–water partition coefficient (Wildman–Crippen LogP) is 3.22. The summed E-state index contributed by atoms with van der Waals surface area (Å²) in [4.78, 5) is 8.72. The van der Waals surface area contributed by atoms with Gasteiger partial charge in [0.2, 0.25) is 0 Å². The lowest BCUT2D eigenvalue weighted by Crippen LogP contribution is -2.06. The average molecular weight is 321 g/mol. The van der Waals surface area contributed by atoms with Crippen molar-refractivity contribution in [1.82, 2.24) is 9.55 Å². The van der Waals surface area contributed by atoms with Crippen molar-refractivity contribution >= 4 is 5.71 Å². The van der Waals surface area contributed by atoms with E-state index in [0.29, 0.717) is 12.1 Å². The molecule has 0 bridgehead atoms. The number of imidazole rings is 1. The number of aryl methyl sites for hydroxylation is 1. The van der Waals surface area contributed by atoms with Crippen LogP contribution in [0.5, 0.6) is 11.5 Å². The van der Waals surface area contributed by atoms with E-state index in [2.05, 4.69) is 4.98 Å². The zero-order valence-electron chi connectivity index (χ0n) is 13.2. The van der Waals surface area contributed by atoms with Crippen LogP contribution >= 0.6 is 0 Å². The van der Waals surface area contributed by atoms with Crippen LogP contribution in [0.2, 0.25) is 0 Å². The van der Waals surface area contributed by atoms with Crippen LogP contribution in [-0.2, 0) is 6.54 Å². The second-order valence-corrected chi connectivity index (χ2v) is 5.45. The van der Waals surface area contributed by atoms with E-state index in [9.17, 15) is 10.2 Å². The van der Waals surface area contributed by atoms with Crippen LogP contribution < -0.4 is 0 Å². The van der Waals surface area contributed by atoms with Crippen LogP contribution in [0.4, 0.5) is 0 Å². The van der Waals surface area contributed by atoms with Crippen molar-refractivity contribution in [2.24, 2.45) is 4.99 Å². The zero-order chi connectivity index (χ0) is 16.8. The van der Waals surface area contributed by atoms with Gasteiger partial charge >= 0.3 is 0 Å². The van der Waals surface area contributed by atoms with E-state index in [0.717, 1.165) is 24.2 Å². The quantitative estimate of drug-likeness (QED) is 0.541. The summed E-state index contributed by atoms with van der Waals surface area (Å²) < 4.78 is 2.01. The number of phenols is 2. The van der Waals surface area contributed by atoms with Crippen molar-refractivity contribution < 1.29 is 10.2 Å². The lowest BCUT2D eigenvalue weighted by atomic mass is 10.0. The molecule has 1 heterocycles. The Morgan fingerprint density at radius 3 is 2.62 bits per heavy atom. The number of aromatic nitrogens is 2. The standard InChI is InChI=1S/C19H19N3O2/c23-16-7-8-17(18(24)13-16)19(15-5-2-1-3-6-15)21-9-4-11-22-12-10-20-14-22/h1-3,5-8,10,12-14,23-24H,4,9,11H2. The number of phenolic OH excluding ortho intramolecular Hbond substituents is 2. The number of hydrogen-bond acceptors (Lipinski definition) is 4. The van der Waals surface area contributed by atoms with Crippen LogP contribution in [0.25, 0.3) is 0 Å². The van der Waals surface area contributed by atoms with Gasteiger partial charge in [0.15, 0.2) is 0 Å². The molecule has 0 aliphatic heterocycles. The van der Waals surface area contributed by atoms with Crippen LogP contribution in [0.3, 0.4) is 0 Å². The minimum Gasteiger partial charge on any atom is -0.508 e. The molecule has 2 aromatic carbocycles. The smallest absolute Gasteiger partial charge is 0.128 e. The Balaban J connectivity index is 1.83. The van der Waals surface area contributed by atoms with Gasteiger partial charge in [-0.2, -0.15) is 0 Å². The van der Waals surface area contributed by atoms with Gasteiger partial charge in [-0.3, -0.25) is 4.99 Å². The molecule has 1 aromatic heterocycles. The predicted molar refractivity (Wildman–Crippen MR) is 93.6 cm³/mol. The molecule has 122 valence electrons. The zero-order valence-corrected chi connectivity index (χ0v) is 13.2. The molecule has 0 aliphatic carbocycles. The summed E-state index contributed by atoms with van der Waals surface area (Å²) in [6, 6.07) is 14.3. The van der Waals surface area contributed by atoms with Gasteiger partial charge in [-0.25, -0.2) is 4.98 Å². The van der Waals surface area contributed by atoms with Crippen LogP contribution in [0.15, 0.2) is 72.2 Å². The highest BCUT2D eigenvalue weighted by molar-refractivity contribution is 6.14. The Morgan fingerprint density at radius 2 is 1.92 bits per heavy atom. The van der Waals surface area contributed by atoms with Crippen LogP contribution in [0.1, 0.15) is 17.5 Å². The largest absolute Gasteiger partial charge is 0.508 e. The molecule has 0 saturated carbocycles. The maximum absolute atomic E-state index is 10.2. The van der Waals surface area contributed by atoms with Crippen molar-refractivity contribution in [1.29, 1.82) is 0 Å². The number of rotatable bonds is 6. The van der Waals surface area contributed by atoms with E-state index in [1.54, 1.807) is 24.7 Å². The average Bonchev–Trinajstić information content (AvgIpc) is 3.10. The third-order valence-electron chi connectivity index (χ3n) is 3.69. The van der Waals surface area contributed by atoms with E-state index in [1.165, 1.54) is 6.07 Å². The second-order valence-electron chi connectivity index (χ2n) is 5.45. The topological polar surface area (TPSA) is 70.6 Å². The first-order valence-corrected chi connectivity index (χ1v) is 7.82. The Kier molecular flexibility index (Phi) is 4.91.